The van der Waals surface area contributed by atoms with Gasteiger partial charge in [0, 0.05) is 58.2 Å². The fraction of sp³-hybridized carbons (Fsp3) is 0.212. The number of fused-ring (bicyclic) bond motifs is 5. The van der Waals surface area contributed by atoms with Gasteiger partial charge in [0.25, 0.3) is 0 Å². The third-order valence-corrected chi connectivity index (χ3v) is 12.4. The summed E-state index contributed by atoms with van der Waals surface area (Å²) in [5, 5.41) is 18.2. The fourth-order valence-electron chi connectivity index (χ4n) is 9.71. The lowest BCUT2D eigenvalue weighted by Crippen LogP contribution is -2.49. The Labute approximate surface area is 384 Å². The van der Waals surface area contributed by atoms with Crippen LogP contribution in [0.15, 0.2) is 143 Å². The summed E-state index contributed by atoms with van der Waals surface area (Å²) in [6.07, 6.45) is 6.41. The number of aliphatic imine (C=N–C) groups is 2. The Bertz CT molecular complexity index is 2950. The van der Waals surface area contributed by atoms with Gasteiger partial charge in [-0.3, -0.25) is 0 Å². The molecular formula is C52H45ClN8O4. The number of rotatable bonds is 2. The van der Waals surface area contributed by atoms with Gasteiger partial charge in [0.2, 0.25) is 17.9 Å². The van der Waals surface area contributed by atoms with E-state index in [9.17, 15) is 5.26 Å². The van der Waals surface area contributed by atoms with Crippen LogP contribution in [0.25, 0.3) is 31.9 Å². The molecule has 13 heteroatoms. The number of hydrogen-bond donors (Lipinski definition) is 3. The molecule has 0 radical (unpaired) electrons. The third-order valence-electron chi connectivity index (χ3n) is 12.4. The van der Waals surface area contributed by atoms with Gasteiger partial charge < -0.3 is 20.4 Å². The maximum atomic E-state index is 9.29. The normalized spacial score (nSPS) is 18.9. The largest absolute Gasteiger partial charge is 0.486 e. The number of hydroxylamine groups is 3. The fourth-order valence-corrected chi connectivity index (χ4v) is 9.71. The van der Waals surface area contributed by atoms with Crippen molar-refractivity contribution < 1.29 is 19.5 Å². The molecule has 4 N–H and O–H groups in total. The molecule has 3 heterocycles. The average molecular weight is 881 g/mol. The number of nitriles is 1. The molecule has 3 aliphatic heterocycles. The van der Waals surface area contributed by atoms with Gasteiger partial charge >= 0.3 is 0 Å². The molecule has 1 unspecified atom stereocenters. The number of hydrogen-bond acceptors (Lipinski definition) is 10. The number of nitrogens with two attached hydrogens (primary N) is 1. The van der Waals surface area contributed by atoms with Gasteiger partial charge in [0.1, 0.15) is 22.7 Å². The van der Waals surface area contributed by atoms with E-state index >= 15 is 0 Å². The lowest BCUT2D eigenvalue weighted by atomic mass is 9.81. The Balaban J connectivity index is 0.000000166. The molecular weight excluding hydrogens is 836 g/mol. The summed E-state index contributed by atoms with van der Waals surface area (Å²) in [6.45, 7) is 14.6. The van der Waals surface area contributed by atoms with Crippen LogP contribution >= 0.6 is 12.4 Å². The van der Waals surface area contributed by atoms with Crippen molar-refractivity contribution in [3.8, 4) is 39.9 Å². The van der Waals surface area contributed by atoms with Crippen molar-refractivity contribution in [3.63, 3.8) is 0 Å². The van der Waals surface area contributed by atoms with Crippen molar-refractivity contribution in [1.82, 2.24) is 10.5 Å². The molecule has 3 spiro atoms. The number of benzene rings is 6. The van der Waals surface area contributed by atoms with E-state index in [0.717, 1.165) is 76.3 Å². The second kappa shape index (κ2) is 17.9. The molecule has 2 aliphatic carbocycles. The van der Waals surface area contributed by atoms with Crippen LogP contribution in [0.5, 0.6) is 11.5 Å². The highest BCUT2D eigenvalue weighted by molar-refractivity contribution is 6.06. The third kappa shape index (κ3) is 8.50. The second-order valence-corrected chi connectivity index (χ2v) is 16.6. The van der Waals surface area contributed by atoms with Crippen molar-refractivity contribution in [1.29, 1.82) is 5.26 Å². The number of ether oxygens (including phenoxy) is 2. The van der Waals surface area contributed by atoms with E-state index in [2.05, 4.69) is 69.3 Å². The number of guanidine groups is 1. The van der Waals surface area contributed by atoms with E-state index in [-0.39, 0.29) is 18.0 Å². The first kappa shape index (κ1) is 44.1. The first-order valence-corrected chi connectivity index (χ1v) is 20.9. The van der Waals surface area contributed by atoms with E-state index < -0.39 is 11.3 Å². The van der Waals surface area contributed by atoms with Gasteiger partial charge in [0.15, 0.2) is 11.4 Å². The minimum absolute atomic E-state index is 0. The molecule has 11 rings (SSSR count). The maximum absolute atomic E-state index is 9.29. The van der Waals surface area contributed by atoms with Gasteiger partial charge in [0.05, 0.1) is 24.4 Å². The summed E-state index contributed by atoms with van der Waals surface area (Å²) < 4.78 is 13.2. The number of nitrogens with one attached hydrogen (secondary N) is 1. The molecule has 5 aliphatic rings. The Morgan fingerprint density at radius 1 is 0.708 bits per heavy atom. The van der Waals surface area contributed by atoms with Crippen molar-refractivity contribution in [3.05, 3.63) is 190 Å². The van der Waals surface area contributed by atoms with E-state index in [1.807, 2.05) is 72.9 Å². The van der Waals surface area contributed by atoms with Crippen LogP contribution in [0.3, 0.4) is 0 Å². The molecule has 6 aromatic carbocycles. The van der Waals surface area contributed by atoms with Crippen LogP contribution in [0.2, 0.25) is 0 Å². The summed E-state index contributed by atoms with van der Waals surface area (Å²) in [5.41, 5.74) is 19.0. The molecule has 0 saturated heterocycles. The van der Waals surface area contributed by atoms with E-state index in [1.54, 1.807) is 24.7 Å². The number of nitrogens with zero attached hydrogens (tertiary/aromatic N) is 6. The van der Waals surface area contributed by atoms with Crippen LogP contribution < -0.4 is 20.7 Å². The molecule has 65 heavy (non-hydrogen) atoms. The summed E-state index contributed by atoms with van der Waals surface area (Å²) >= 11 is 0. The number of halogens is 1. The Hall–Kier alpha value is -7.50. The van der Waals surface area contributed by atoms with Crippen molar-refractivity contribution in [2.75, 3.05) is 14.1 Å². The first-order valence-electron chi connectivity index (χ1n) is 20.9. The van der Waals surface area contributed by atoms with Gasteiger partial charge in [-0.05, 0) is 80.9 Å². The molecule has 0 aromatic heterocycles. The first-order chi connectivity index (χ1) is 31.1. The topological polar surface area (TPSA) is 146 Å². The zero-order valence-electron chi connectivity index (χ0n) is 35.8. The van der Waals surface area contributed by atoms with Gasteiger partial charge in [-0.15, -0.1) is 12.4 Å². The van der Waals surface area contributed by atoms with E-state index in [4.69, 9.17) is 43.4 Å². The molecule has 12 nitrogen and oxygen atoms in total. The highest BCUT2D eigenvalue weighted by Gasteiger charge is 2.56. The molecule has 0 bridgehead atoms. The van der Waals surface area contributed by atoms with E-state index in [0.29, 0.717) is 30.2 Å². The van der Waals surface area contributed by atoms with Crippen molar-refractivity contribution >= 4 is 35.5 Å². The lowest BCUT2D eigenvalue weighted by molar-refractivity contribution is -0.203. The van der Waals surface area contributed by atoms with Gasteiger partial charge in [-0.2, -0.15) is 10.3 Å². The summed E-state index contributed by atoms with van der Waals surface area (Å²) in [7, 11) is 3.21. The minimum Gasteiger partial charge on any atom is -0.486 e. The molecule has 0 saturated carbocycles. The monoisotopic (exact) mass is 880 g/mol. The van der Waals surface area contributed by atoms with E-state index in [1.165, 1.54) is 34.4 Å². The summed E-state index contributed by atoms with van der Waals surface area (Å²) in [4.78, 5) is 22.4. The smallest absolute Gasteiger partial charge is 0.222 e. The zero-order valence-corrected chi connectivity index (χ0v) is 36.6. The van der Waals surface area contributed by atoms with Crippen molar-refractivity contribution in [2.45, 2.75) is 55.5 Å². The molecule has 0 fully saturated rings. The SMILES string of the molecule is CNO.Cl.[C-]#[N+]c1cccc(-c2ccc3c(c2)C(=NC#N)CC2(Cc4ccccc4C2)O3)c1.[C-]#[N+]c1cccc(-c2ccc3c(c2)C2(CC4(Cc5ccccc5C4)O3)N=C(N)N(C)O2)c1. The standard InChI is InChI=1S/C26H22N4O2.C25H17N3O.CH5NO.ClH/c1-28-21-9-5-8-17(12-21)18-10-11-23-22(13-18)26(29-24(27)30(2)32-26)16-25(31-23)14-19-6-3-4-7-20(19)15-25;1-27-21-8-4-7-17(11-21)18-9-10-24-22(12-18)23(28-16-26)15-25(29-24)13-19-5-2-3-6-20(19)14-25;1-2-3;/h3-13H,14-16H2,2H3,(H2,27,29);2-12H,13-15H2;2-3H,1H3;1H. The van der Waals surface area contributed by atoms with Crippen LogP contribution in [0.1, 0.15) is 46.2 Å². The average Bonchev–Trinajstić information content (AvgIpc) is 3.95. The van der Waals surface area contributed by atoms with Gasteiger partial charge in [-0.1, -0.05) is 97.1 Å². The second-order valence-electron chi connectivity index (χ2n) is 16.6. The quantitative estimate of drug-likeness (QED) is 0.0885. The molecule has 6 aromatic rings. The maximum Gasteiger partial charge on any atom is 0.222 e. The van der Waals surface area contributed by atoms with Crippen LogP contribution in [-0.2, 0) is 36.2 Å². The highest BCUT2D eigenvalue weighted by Crippen LogP contribution is 2.53. The Morgan fingerprint density at radius 3 is 1.71 bits per heavy atom. The summed E-state index contributed by atoms with van der Waals surface area (Å²) in [6, 6.07) is 44.1. The predicted molar refractivity (Wildman–Crippen MR) is 252 cm³/mol. The minimum atomic E-state index is -0.943. The molecule has 324 valence electrons. The van der Waals surface area contributed by atoms with Crippen LogP contribution in [0, 0.1) is 24.6 Å². The molecule has 0 amide bonds. The lowest BCUT2D eigenvalue weighted by Gasteiger charge is -2.43. The zero-order chi connectivity index (χ0) is 44.5. The highest BCUT2D eigenvalue weighted by atomic mass is 35.5. The Morgan fingerprint density at radius 2 is 1.20 bits per heavy atom. The predicted octanol–water partition coefficient (Wildman–Crippen LogP) is 10.1. The van der Waals surface area contributed by atoms with Crippen LogP contribution in [0.4, 0.5) is 11.4 Å². The van der Waals surface area contributed by atoms with Crippen LogP contribution in [-0.4, -0.2) is 47.2 Å². The van der Waals surface area contributed by atoms with Crippen molar-refractivity contribution in [2.24, 2.45) is 15.7 Å². The van der Waals surface area contributed by atoms with Gasteiger partial charge in [-0.25, -0.2) is 30.1 Å². The molecule has 1 atom stereocenters. The Kier molecular flexibility index (Phi) is 12.2. The summed E-state index contributed by atoms with van der Waals surface area (Å²) in [5.74, 6) is 1.88.